The van der Waals surface area contributed by atoms with E-state index >= 15 is 0 Å². The van der Waals surface area contributed by atoms with Gasteiger partial charge in [0.15, 0.2) is 0 Å². The molecule has 4 nitrogen and oxygen atoms in total. The molecule has 1 unspecified atom stereocenters. The summed E-state index contributed by atoms with van der Waals surface area (Å²) in [5.74, 6) is -0.706. The van der Waals surface area contributed by atoms with Crippen molar-refractivity contribution in [3.05, 3.63) is 11.1 Å². The summed E-state index contributed by atoms with van der Waals surface area (Å²) in [5, 5.41) is 0. The third-order valence-corrected chi connectivity index (χ3v) is 2.98. The molecule has 15 heavy (non-hydrogen) atoms. The highest BCUT2D eigenvalue weighted by Gasteiger charge is 2.36. The molecule has 0 aromatic heterocycles. The second-order valence-corrected chi connectivity index (χ2v) is 3.90. The number of hydrogen-bond donors (Lipinski definition) is 0. The van der Waals surface area contributed by atoms with E-state index in [1.54, 1.807) is 0 Å². The van der Waals surface area contributed by atoms with Gasteiger partial charge in [-0.25, -0.2) is 4.79 Å². The average molecular weight is 210 g/mol. The molecule has 1 atom stereocenters. The third-order valence-electron chi connectivity index (χ3n) is 2.98. The van der Waals surface area contributed by atoms with Crippen LogP contribution in [0.5, 0.6) is 0 Å². The molecular formula is C11H14O4. The van der Waals surface area contributed by atoms with Crippen LogP contribution in [0, 0.1) is 0 Å². The summed E-state index contributed by atoms with van der Waals surface area (Å²) in [6.07, 6.45) is 3.93. The summed E-state index contributed by atoms with van der Waals surface area (Å²) in [6, 6.07) is 0. The highest BCUT2D eigenvalue weighted by Crippen LogP contribution is 2.35. The van der Waals surface area contributed by atoms with Crippen molar-refractivity contribution in [2.75, 3.05) is 7.11 Å². The number of esters is 2. The highest BCUT2D eigenvalue weighted by molar-refractivity contribution is 5.97. The maximum Gasteiger partial charge on any atom is 0.335 e. The molecule has 2 aliphatic rings. The molecule has 1 heterocycles. The Balaban J connectivity index is 2.18. The zero-order valence-electron chi connectivity index (χ0n) is 8.75. The van der Waals surface area contributed by atoms with Crippen LogP contribution in [-0.2, 0) is 19.1 Å². The van der Waals surface area contributed by atoms with Gasteiger partial charge in [0.05, 0.1) is 19.1 Å². The van der Waals surface area contributed by atoms with Gasteiger partial charge in [0.2, 0.25) is 0 Å². The lowest BCUT2D eigenvalue weighted by Gasteiger charge is -2.19. The number of rotatable bonds is 2. The molecule has 0 spiro atoms. The van der Waals surface area contributed by atoms with Gasteiger partial charge in [-0.15, -0.1) is 0 Å². The van der Waals surface area contributed by atoms with Crippen LogP contribution < -0.4 is 0 Å². The van der Waals surface area contributed by atoms with Gasteiger partial charge in [0.1, 0.15) is 6.10 Å². The molecule has 82 valence electrons. The van der Waals surface area contributed by atoms with Crippen LogP contribution in [0.1, 0.15) is 32.1 Å². The maximum absolute atomic E-state index is 11.5. The van der Waals surface area contributed by atoms with E-state index < -0.39 is 0 Å². The minimum Gasteiger partial charge on any atom is -0.469 e. The van der Waals surface area contributed by atoms with E-state index in [0.717, 1.165) is 31.3 Å². The fourth-order valence-corrected chi connectivity index (χ4v) is 2.19. The van der Waals surface area contributed by atoms with E-state index in [2.05, 4.69) is 4.74 Å². The lowest BCUT2D eigenvalue weighted by atomic mass is 9.89. The molecular weight excluding hydrogens is 196 g/mol. The fourth-order valence-electron chi connectivity index (χ4n) is 2.19. The standard InChI is InChI=1S/C11H14O4/c1-14-10(12)6-8-7-4-2-3-5-9(7)15-11(8)13/h9H,2-6H2,1H3. The third kappa shape index (κ3) is 1.89. The zero-order chi connectivity index (χ0) is 10.8. The van der Waals surface area contributed by atoms with Crippen molar-refractivity contribution in [3.8, 4) is 0 Å². The smallest absolute Gasteiger partial charge is 0.335 e. The van der Waals surface area contributed by atoms with Gasteiger partial charge in [-0.2, -0.15) is 0 Å². The molecule has 0 aromatic rings. The normalized spacial score (nSPS) is 24.9. The lowest BCUT2D eigenvalue weighted by Crippen LogP contribution is -2.15. The van der Waals surface area contributed by atoms with E-state index in [0.29, 0.717) is 5.57 Å². The SMILES string of the molecule is COC(=O)CC1=C2CCCCC2OC1=O. The van der Waals surface area contributed by atoms with Gasteiger partial charge < -0.3 is 9.47 Å². The average Bonchev–Trinajstić information content (AvgIpc) is 2.55. The summed E-state index contributed by atoms with van der Waals surface area (Å²) >= 11 is 0. The van der Waals surface area contributed by atoms with E-state index in [-0.39, 0.29) is 24.5 Å². The summed E-state index contributed by atoms with van der Waals surface area (Å²) in [6.45, 7) is 0. The summed E-state index contributed by atoms with van der Waals surface area (Å²) < 4.78 is 9.76. The Morgan fingerprint density at radius 3 is 3.07 bits per heavy atom. The van der Waals surface area contributed by atoms with E-state index in [1.165, 1.54) is 7.11 Å². The predicted octanol–water partition coefficient (Wildman–Crippen LogP) is 1.35. The number of fused-ring (bicyclic) bond motifs is 1. The van der Waals surface area contributed by atoms with Gasteiger partial charge in [-0.3, -0.25) is 4.79 Å². The Labute approximate surface area is 88.2 Å². The van der Waals surface area contributed by atoms with Crippen molar-refractivity contribution in [2.45, 2.75) is 38.2 Å². The first-order chi connectivity index (χ1) is 7.22. The Hall–Kier alpha value is -1.32. The largest absolute Gasteiger partial charge is 0.469 e. The van der Waals surface area contributed by atoms with Crippen LogP contribution in [-0.4, -0.2) is 25.2 Å². The summed E-state index contributed by atoms with van der Waals surface area (Å²) in [5.41, 5.74) is 1.56. The molecule has 0 amide bonds. The van der Waals surface area contributed by atoms with Gasteiger partial charge in [0, 0.05) is 0 Å². The quantitative estimate of drug-likeness (QED) is 0.645. The molecule has 0 saturated heterocycles. The first kappa shape index (κ1) is 10.2. The molecule has 0 radical (unpaired) electrons. The summed E-state index contributed by atoms with van der Waals surface area (Å²) in [4.78, 5) is 22.6. The van der Waals surface area contributed by atoms with Crippen LogP contribution in [0.15, 0.2) is 11.1 Å². The van der Waals surface area contributed by atoms with Crippen LogP contribution in [0.3, 0.4) is 0 Å². The van der Waals surface area contributed by atoms with Crippen molar-refractivity contribution >= 4 is 11.9 Å². The van der Waals surface area contributed by atoms with E-state index in [9.17, 15) is 9.59 Å². The van der Waals surface area contributed by atoms with Gasteiger partial charge in [-0.1, -0.05) is 0 Å². The minimum atomic E-state index is -0.374. The Morgan fingerprint density at radius 2 is 2.33 bits per heavy atom. The molecule has 0 N–H and O–H groups in total. The van der Waals surface area contributed by atoms with Crippen molar-refractivity contribution < 1.29 is 19.1 Å². The van der Waals surface area contributed by atoms with Crippen molar-refractivity contribution in [3.63, 3.8) is 0 Å². The first-order valence-electron chi connectivity index (χ1n) is 5.22. The first-order valence-corrected chi connectivity index (χ1v) is 5.22. The topological polar surface area (TPSA) is 52.6 Å². The number of carbonyl (C=O) groups excluding carboxylic acids is 2. The zero-order valence-corrected chi connectivity index (χ0v) is 8.75. The molecule has 1 saturated carbocycles. The van der Waals surface area contributed by atoms with Gasteiger partial charge in [0.25, 0.3) is 0 Å². The van der Waals surface area contributed by atoms with E-state index in [4.69, 9.17) is 4.74 Å². The monoisotopic (exact) mass is 210 g/mol. The molecule has 4 heteroatoms. The Morgan fingerprint density at radius 1 is 1.53 bits per heavy atom. The van der Waals surface area contributed by atoms with Crippen molar-refractivity contribution in [1.82, 2.24) is 0 Å². The predicted molar refractivity (Wildman–Crippen MR) is 52.0 cm³/mol. The Bertz CT molecular complexity index is 329. The van der Waals surface area contributed by atoms with Crippen LogP contribution in [0.4, 0.5) is 0 Å². The molecule has 0 aromatic carbocycles. The van der Waals surface area contributed by atoms with Crippen LogP contribution in [0.25, 0.3) is 0 Å². The molecule has 1 fully saturated rings. The summed E-state index contributed by atoms with van der Waals surface area (Å²) in [7, 11) is 1.33. The van der Waals surface area contributed by atoms with Crippen molar-refractivity contribution in [1.29, 1.82) is 0 Å². The second-order valence-electron chi connectivity index (χ2n) is 3.90. The Kier molecular flexibility index (Phi) is 2.75. The van der Waals surface area contributed by atoms with Crippen LogP contribution in [0.2, 0.25) is 0 Å². The highest BCUT2D eigenvalue weighted by atomic mass is 16.6. The lowest BCUT2D eigenvalue weighted by molar-refractivity contribution is -0.144. The van der Waals surface area contributed by atoms with Crippen molar-refractivity contribution in [2.24, 2.45) is 0 Å². The number of methoxy groups -OCH3 is 1. The van der Waals surface area contributed by atoms with Gasteiger partial charge in [-0.05, 0) is 31.3 Å². The van der Waals surface area contributed by atoms with Crippen LogP contribution >= 0.6 is 0 Å². The molecule has 1 aliphatic carbocycles. The minimum absolute atomic E-state index is 0.0567. The number of ether oxygens (including phenoxy) is 2. The maximum atomic E-state index is 11.5. The van der Waals surface area contributed by atoms with Gasteiger partial charge >= 0.3 is 11.9 Å². The second kappa shape index (κ2) is 4.04. The number of carbonyl (C=O) groups is 2. The number of hydrogen-bond acceptors (Lipinski definition) is 4. The fraction of sp³-hybridized carbons (Fsp3) is 0.636. The molecule has 0 bridgehead atoms. The van der Waals surface area contributed by atoms with E-state index in [1.807, 2.05) is 0 Å². The molecule has 1 aliphatic heterocycles. The molecule has 2 rings (SSSR count).